The Kier molecular flexibility index (Phi) is 3.69. The number of rotatable bonds is 5. The summed E-state index contributed by atoms with van der Waals surface area (Å²) in [6.45, 7) is 6.33. The zero-order valence-corrected chi connectivity index (χ0v) is 14.4. The monoisotopic (exact) mass is 340 g/mol. The summed E-state index contributed by atoms with van der Waals surface area (Å²) >= 11 is 0. The smallest absolute Gasteiger partial charge is 0.336 e. The normalized spacial score (nSPS) is 20.4. The van der Waals surface area contributed by atoms with Crippen LogP contribution in [0.2, 0.25) is 0 Å². The van der Waals surface area contributed by atoms with Crippen molar-refractivity contribution in [2.24, 2.45) is 5.92 Å². The van der Waals surface area contributed by atoms with Crippen LogP contribution in [0.25, 0.3) is 21.9 Å². The predicted octanol–water partition coefficient (Wildman–Crippen LogP) is 4.64. The minimum Gasteiger partial charge on any atom is -0.464 e. The van der Waals surface area contributed by atoms with E-state index < -0.39 is 5.63 Å². The first-order chi connectivity index (χ1) is 11.9. The van der Waals surface area contributed by atoms with Crippen molar-refractivity contribution in [2.45, 2.75) is 38.9 Å². The van der Waals surface area contributed by atoms with Gasteiger partial charge in [-0.05, 0) is 44.4 Å². The summed E-state index contributed by atoms with van der Waals surface area (Å²) in [5.41, 5.74) is 0.658. The molecule has 3 heterocycles. The molecule has 0 bridgehead atoms. The van der Waals surface area contributed by atoms with Gasteiger partial charge in [0.15, 0.2) is 0 Å². The molecule has 5 heteroatoms. The molecular weight excluding hydrogens is 320 g/mol. The van der Waals surface area contributed by atoms with Gasteiger partial charge in [0.1, 0.15) is 16.9 Å². The lowest BCUT2D eigenvalue weighted by Crippen LogP contribution is -2.06. The van der Waals surface area contributed by atoms with Crippen LogP contribution in [0.4, 0.5) is 0 Å². The Balaban J connectivity index is 1.60. The van der Waals surface area contributed by atoms with Crippen LogP contribution in [0.3, 0.4) is 0 Å². The van der Waals surface area contributed by atoms with E-state index in [0.717, 1.165) is 17.2 Å². The highest BCUT2D eigenvalue weighted by Crippen LogP contribution is 2.40. The lowest BCUT2D eigenvalue weighted by molar-refractivity contribution is 0.314. The maximum Gasteiger partial charge on any atom is 0.336 e. The van der Waals surface area contributed by atoms with Crippen LogP contribution < -0.4 is 10.4 Å². The summed E-state index contributed by atoms with van der Waals surface area (Å²) in [5, 5.41) is 1.57. The van der Waals surface area contributed by atoms with Gasteiger partial charge in [-0.1, -0.05) is 6.92 Å². The van der Waals surface area contributed by atoms with E-state index in [0.29, 0.717) is 28.9 Å². The summed E-state index contributed by atoms with van der Waals surface area (Å²) in [5.74, 6) is 0.955. The minimum atomic E-state index is -0.402. The van der Waals surface area contributed by atoms with Gasteiger partial charge in [0.2, 0.25) is 0 Å². The van der Waals surface area contributed by atoms with Crippen molar-refractivity contribution in [3.63, 3.8) is 0 Å². The average molecular weight is 340 g/mol. The van der Waals surface area contributed by atoms with Gasteiger partial charge in [0.25, 0.3) is 0 Å². The number of furan rings is 1. The fourth-order valence-corrected chi connectivity index (χ4v) is 3.06. The minimum absolute atomic E-state index is 0.000905. The first-order valence-electron chi connectivity index (χ1n) is 8.39. The number of benzene rings is 1. The second-order valence-corrected chi connectivity index (χ2v) is 7.07. The Morgan fingerprint density at radius 1 is 1.24 bits per heavy atom. The van der Waals surface area contributed by atoms with Gasteiger partial charge in [-0.3, -0.25) is 0 Å². The summed E-state index contributed by atoms with van der Waals surface area (Å²) in [6.07, 6.45) is 6.55. The largest absolute Gasteiger partial charge is 0.464 e. The molecule has 1 aromatic carbocycles. The third-order valence-corrected chi connectivity index (χ3v) is 4.65. The van der Waals surface area contributed by atoms with Crippen LogP contribution in [0, 0.1) is 5.92 Å². The molecule has 0 radical (unpaired) electrons. The van der Waals surface area contributed by atoms with E-state index in [1.807, 2.05) is 12.1 Å². The maximum absolute atomic E-state index is 11.5. The van der Waals surface area contributed by atoms with Gasteiger partial charge >= 0.3 is 5.63 Å². The second kappa shape index (κ2) is 5.77. The average Bonchev–Trinajstić information content (AvgIpc) is 2.94. The van der Waals surface area contributed by atoms with E-state index in [1.165, 1.54) is 6.07 Å². The van der Waals surface area contributed by atoms with Gasteiger partial charge in [-0.25, -0.2) is 4.79 Å². The molecule has 0 aliphatic carbocycles. The number of allylic oxidation sites excluding steroid dienone is 1. The molecule has 1 aliphatic heterocycles. The molecule has 5 nitrogen and oxygen atoms in total. The second-order valence-electron chi connectivity index (χ2n) is 7.07. The quantitative estimate of drug-likeness (QED) is 0.385. The fraction of sp³-hybridized carbons (Fsp3) is 0.350. The van der Waals surface area contributed by atoms with Gasteiger partial charge in [-0.15, -0.1) is 0 Å². The summed E-state index contributed by atoms with van der Waals surface area (Å²) < 4.78 is 22.2. The molecule has 1 fully saturated rings. The van der Waals surface area contributed by atoms with E-state index in [2.05, 4.69) is 20.8 Å². The number of ether oxygens (including phenoxy) is 2. The van der Waals surface area contributed by atoms with Crippen LogP contribution in [0.1, 0.15) is 27.2 Å². The first kappa shape index (κ1) is 16.0. The van der Waals surface area contributed by atoms with Gasteiger partial charge in [-0.2, -0.15) is 0 Å². The molecular formula is C20H20O5. The standard InChI is InChI=1S/C20H20O5/c1-12(10-17-20(2,3)25-17)6-8-23-19-13-4-5-18(21)24-16(13)11-15-14(19)7-9-22-15/h4-9,11-12,17H,10H2,1-3H3/b8-6+. The lowest BCUT2D eigenvalue weighted by atomic mass is 10.00. The van der Waals surface area contributed by atoms with Crippen molar-refractivity contribution in [3.05, 3.63) is 53.3 Å². The van der Waals surface area contributed by atoms with Gasteiger partial charge in [0.05, 0.1) is 35.0 Å². The highest BCUT2D eigenvalue weighted by Gasteiger charge is 2.47. The molecule has 0 saturated carbocycles. The van der Waals surface area contributed by atoms with Crippen molar-refractivity contribution in [1.29, 1.82) is 0 Å². The zero-order valence-electron chi connectivity index (χ0n) is 14.4. The van der Waals surface area contributed by atoms with Crippen molar-refractivity contribution < 1.29 is 18.3 Å². The number of hydrogen-bond acceptors (Lipinski definition) is 5. The summed E-state index contributed by atoms with van der Waals surface area (Å²) in [4.78, 5) is 11.5. The zero-order chi connectivity index (χ0) is 17.6. The highest BCUT2D eigenvalue weighted by molar-refractivity contribution is 6.01. The van der Waals surface area contributed by atoms with E-state index in [1.54, 1.807) is 24.7 Å². The van der Waals surface area contributed by atoms with Crippen LogP contribution in [-0.2, 0) is 4.74 Å². The molecule has 3 aromatic rings. The van der Waals surface area contributed by atoms with E-state index in [9.17, 15) is 4.79 Å². The topological polar surface area (TPSA) is 65.1 Å². The van der Waals surface area contributed by atoms with Crippen LogP contribution >= 0.6 is 0 Å². The van der Waals surface area contributed by atoms with Crippen LogP contribution in [0.15, 0.2) is 56.5 Å². The lowest BCUT2D eigenvalue weighted by Gasteiger charge is -2.08. The van der Waals surface area contributed by atoms with Crippen LogP contribution in [-0.4, -0.2) is 11.7 Å². The molecule has 25 heavy (non-hydrogen) atoms. The number of hydrogen-bond donors (Lipinski definition) is 0. The van der Waals surface area contributed by atoms with Crippen molar-refractivity contribution in [3.8, 4) is 5.75 Å². The molecule has 0 amide bonds. The Bertz CT molecular complexity index is 1010. The molecule has 2 aromatic heterocycles. The Morgan fingerprint density at radius 3 is 2.76 bits per heavy atom. The van der Waals surface area contributed by atoms with E-state index in [-0.39, 0.29) is 5.60 Å². The molecule has 0 spiro atoms. The SMILES string of the molecule is CC(/C=C/Oc1c2ccoc2cc2oc(=O)ccc12)CC1OC1(C)C. The molecule has 0 N–H and O–H groups in total. The van der Waals surface area contributed by atoms with Gasteiger partial charge < -0.3 is 18.3 Å². The summed E-state index contributed by atoms with van der Waals surface area (Å²) in [7, 11) is 0. The molecule has 1 aliphatic rings. The molecule has 1 saturated heterocycles. The number of epoxide rings is 1. The molecule has 2 unspecified atom stereocenters. The Morgan fingerprint density at radius 2 is 2.00 bits per heavy atom. The van der Waals surface area contributed by atoms with Crippen LogP contribution in [0.5, 0.6) is 5.75 Å². The maximum atomic E-state index is 11.5. The highest BCUT2D eigenvalue weighted by atomic mass is 16.6. The van der Waals surface area contributed by atoms with Crippen molar-refractivity contribution in [2.75, 3.05) is 0 Å². The van der Waals surface area contributed by atoms with Gasteiger partial charge in [0, 0.05) is 12.1 Å². The number of fused-ring (bicyclic) bond motifs is 2. The van der Waals surface area contributed by atoms with E-state index >= 15 is 0 Å². The molecule has 4 rings (SSSR count). The Hall–Kier alpha value is -2.53. The fourth-order valence-electron chi connectivity index (χ4n) is 3.06. The summed E-state index contributed by atoms with van der Waals surface area (Å²) in [6, 6.07) is 6.64. The third kappa shape index (κ3) is 3.07. The Labute approximate surface area is 144 Å². The molecule has 130 valence electrons. The van der Waals surface area contributed by atoms with E-state index in [4.69, 9.17) is 18.3 Å². The first-order valence-corrected chi connectivity index (χ1v) is 8.39. The molecule has 2 atom stereocenters. The third-order valence-electron chi connectivity index (χ3n) is 4.65. The van der Waals surface area contributed by atoms with Crippen molar-refractivity contribution in [1.82, 2.24) is 0 Å². The predicted molar refractivity (Wildman–Crippen MR) is 94.8 cm³/mol. The van der Waals surface area contributed by atoms with Crippen molar-refractivity contribution >= 4 is 21.9 Å².